The third-order valence-corrected chi connectivity index (χ3v) is 6.03. The Morgan fingerprint density at radius 3 is 2.55 bits per heavy atom. The number of aromatic nitrogens is 1. The summed E-state index contributed by atoms with van der Waals surface area (Å²) in [6, 6.07) is 11.0. The third-order valence-electron chi connectivity index (χ3n) is 5.11. The van der Waals surface area contributed by atoms with Crippen molar-refractivity contribution in [3.05, 3.63) is 52.0 Å². The third kappa shape index (κ3) is 6.01. The lowest BCUT2D eigenvalue weighted by atomic mass is 10.1. The van der Waals surface area contributed by atoms with Gasteiger partial charge in [0.1, 0.15) is 4.88 Å². The summed E-state index contributed by atoms with van der Waals surface area (Å²) in [6.45, 7) is 6.02. The maximum atomic E-state index is 12.1. The Balaban J connectivity index is 1.46. The first-order valence-corrected chi connectivity index (χ1v) is 11.0. The Morgan fingerprint density at radius 1 is 1.17 bits per heavy atom. The van der Waals surface area contributed by atoms with E-state index in [1.807, 2.05) is 6.92 Å². The number of rotatable bonds is 8. The fraction of sp³-hybridized carbons (Fsp3) is 0.476. The van der Waals surface area contributed by atoms with Crippen molar-refractivity contribution in [2.45, 2.75) is 25.8 Å². The number of likely N-dealkylation sites (tertiary alicyclic amines) is 1. The summed E-state index contributed by atoms with van der Waals surface area (Å²) in [7, 11) is 1.77. The van der Waals surface area contributed by atoms with Gasteiger partial charge in [0.2, 0.25) is 0 Å². The highest BCUT2D eigenvalue weighted by Gasteiger charge is 2.23. The minimum atomic E-state index is -0.0760. The van der Waals surface area contributed by atoms with Crippen molar-refractivity contribution in [3.8, 4) is 0 Å². The first kappa shape index (κ1) is 21.3. The molecule has 0 spiro atoms. The van der Waals surface area contributed by atoms with Gasteiger partial charge in [-0.2, -0.15) is 0 Å². The van der Waals surface area contributed by atoms with E-state index in [9.17, 15) is 4.79 Å². The van der Waals surface area contributed by atoms with E-state index >= 15 is 0 Å². The van der Waals surface area contributed by atoms with E-state index in [0.29, 0.717) is 24.0 Å². The molecule has 1 atom stereocenters. The number of nitrogens with zero attached hydrogens (tertiary/aromatic N) is 3. The van der Waals surface area contributed by atoms with E-state index < -0.39 is 0 Å². The van der Waals surface area contributed by atoms with Crippen LogP contribution in [0.5, 0.6) is 0 Å². The van der Waals surface area contributed by atoms with Gasteiger partial charge < -0.3 is 16.0 Å². The number of amides is 1. The van der Waals surface area contributed by atoms with Crippen LogP contribution in [0.4, 0.5) is 0 Å². The Hall–Kier alpha value is -2.45. The predicted octanol–water partition coefficient (Wildman–Crippen LogP) is 2.18. The molecular weight excluding hydrogens is 384 g/mol. The quantitative estimate of drug-likeness (QED) is 0.350. The molecule has 0 bridgehead atoms. The average molecular weight is 415 g/mol. The van der Waals surface area contributed by atoms with E-state index in [-0.39, 0.29) is 5.91 Å². The van der Waals surface area contributed by atoms with Crippen molar-refractivity contribution in [2.75, 3.05) is 39.8 Å². The van der Waals surface area contributed by atoms with Gasteiger partial charge in [0, 0.05) is 26.7 Å². The molecule has 1 amide bonds. The van der Waals surface area contributed by atoms with E-state index in [1.54, 1.807) is 12.6 Å². The second kappa shape index (κ2) is 10.9. The summed E-state index contributed by atoms with van der Waals surface area (Å²) in [5, 5.41) is 9.64. The molecule has 1 aromatic carbocycles. The first-order valence-electron chi connectivity index (χ1n) is 10.1. The Bertz CT molecular complexity index is 801. The van der Waals surface area contributed by atoms with Crippen LogP contribution in [0.1, 0.15) is 39.8 Å². The molecule has 0 saturated carbocycles. The molecule has 3 N–H and O–H groups in total. The summed E-state index contributed by atoms with van der Waals surface area (Å²) >= 11 is 1.36. The van der Waals surface area contributed by atoms with Crippen LogP contribution in [0.2, 0.25) is 0 Å². The van der Waals surface area contributed by atoms with Crippen molar-refractivity contribution in [1.29, 1.82) is 0 Å². The van der Waals surface area contributed by atoms with Gasteiger partial charge in [0.05, 0.1) is 17.2 Å². The van der Waals surface area contributed by atoms with Gasteiger partial charge in [0.15, 0.2) is 5.96 Å². The van der Waals surface area contributed by atoms with Crippen LogP contribution < -0.4 is 16.0 Å². The van der Waals surface area contributed by atoms with E-state index in [0.717, 1.165) is 31.3 Å². The van der Waals surface area contributed by atoms with E-state index in [2.05, 4.69) is 61.2 Å². The van der Waals surface area contributed by atoms with Crippen LogP contribution in [-0.4, -0.2) is 61.5 Å². The Kier molecular flexibility index (Phi) is 8.01. The van der Waals surface area contributed by atoms with Crippen molar-refractivity contribution in [1.82, 2.24) is 25.8 Å². The number of hydrogen-bond donors (Lipinski definition) is 3. The van der Waals surface area contributed by atoms with Crippen LogP contribution in [0.15, 0.2) is 40.8 Å². The number of aliphatic imine (C=N–C) groups is 1. The number of thiazole rings is 1. The lowest BCUT2D eigenvalue weighted by molar-refractivity contribution is 0.0957. The van der Waals surface area contributed by atoms with Gasteiger partial charge in [-0.1, -0.05) is 30.3 Å². The molecule has 0 radical (unpaired) electrons. The first-order chi connectivity index (χ1) is 14.2. The van der Waals surface area contributed by atoms with Gasteiger partial charge in [-0.05, 0) is 38.4 Å². The van der Waals surface area contributed by atoms with Crippen LogP contribution in [-0.2, 0) is 0 Å². The van der Waals surface area contributed by atoms with Crippen molar-refractivity contribution < 1.29 is 4.79 Å². The van der Waals surface area contributed by atoms with E-state index in [1.165, 1.54) is 29.7 Å². The summed E-state index contributed by atoms with van der Waals surface area (Å²) in [4.78, 5) is 23.8. The highest BCUT2D eigenvalue weighted by Crippen LogP contribution is 2.24. The standard InChI is InChI=1S/C21H30N6OS/c1-16-19(29-15-26-16)20(28)23-10-11-24-21(22-2)25-14-18(27-12-6-7-13-27)17-8-4-3-5-9-17/h3-5,8-9,15,18H,6-7,10-14H2,1-2H3,(H,23,28)(H2,22,24,25). The highest BCUT2D eigenvalue weighted by molar-refractivity contribution is 7.11. The maximum Gasteiger partial charge on any atom is 0.263 e. The lowest BCUT2D eigenvalue weighted by Crippen LogP contribution is -2.44. The van der Waals surface area contributed by atoms with Gasteiger partial charge in [0.25, 0.3) is 5.91 Å². The molecule has 8 heteroatoms. The Morgan fingerprint density at radius 2 is 1.90 bits per heavy atom. The normalized spacial score (nSPS) is 15.9. The van der Waals surface area contributed by atoms with Crippen LogP contribution in [0.3, 0.4) is 0 Å². The summed E-state index contributed by atoms with van der Waals surface area (Å²) < 4.78 is 0. The fourth-order valence-corrected chi connectivity index (χ4v) is 4.28. The summed E-state index contributed by atoms with van der Waals surface area (Å²) in [6.07, 6.45) is 2.52. The van der Waals surface area contributed by atoms with Gasteiger partial charge in [-0.25, -0.2) is 4.98 Å². The van der Waals surface area contributed by atoms with Crippen molar-refractivity contribution >= 4 is 23.2 Å². The van der Waals surface area contributed by atoms with Crippen LogP contribution in [0.25, 0.3) is 0 Å². The molecule has 2 aromatic rings. The molecule has 3 rings (SSSR count). The molecule has 29 heavy (non-hydrogen) atoms. The molecule has 1 fully saturated rings. The minimum Gasteiger partial charge on any atom is -0.355 e. The second-order valence-corrected chi connectivity index (χ2v) is 7.93. The van der Waals surface area contributed by atoms with Gasteiger partial charge in [-0.3, -0.25) is 14.7 Å². The van der Waals surface area contributed by atoms with Gasteiger partial charge >= 0.3 is 0 Å². The monoisotopic (exact) mass is 414 g/mol. The number of hydrogen-bond acceptors (Lipinski definition) is 5. The minimum absolute atomic E-state index is 0.0760. The number of guanidine groups is 1. The molecule has 156 valence electrons. The number of carbonyl (C=O) groups is 1. The van der Waals surface area contributed by atoms with Crippen LogP contribution in [0, 0.1) is 6.92 Å². The zero-order chi connectivity index (χ0) is 20.5. The topological polar surface area (TPSA) is 81.6 Å². The molecule has 7 nitrogen and oxygen atoms in total. The molecule has 1 saturated heterocycles. The molecule has 1 aliphatic rings. The number of aryl methyl sites for hydroxylation is 1. The lowest BCUT2D eigenvalue weighted by Gasteiger charge is -2.29. The number of benzene rings is 1. The largest absolute Gasteiger partial charge is 0.355 e. The molecule has 1 aliphatic heterocycles. The van der Waals surface area contributed by atoms with Gasteiger partial charge in [-0.15, -0.1) is 11.3 Å². The molecule has 1 aromatic heterocycles. The maximum absolute atomic E-state index is 12.1. The molecule has 0 aliphatic carbocycles. The van der Waals surface area contributed by atoms with E-state index in [4.69, 9.17) is 0 Å². The van der Waals surface area contributed by atoms with Crippen molar-refractivity contribution in [2.24, 2.45) is 4.99 Å². The average Bonchev–Trinajstić information content (AvgIpc) is 3.42. The zero-order valence-corrected chi connectivity index (χ0v) is 18.0. The Labute approximate surface area is 176 Å². The predicted molar refractivity (Wildman–Crippen MR) is 119 cm³/mol. The second-order valence-electron chi connectivity index (χ2n) is 7.07. The number of nitrogens with one attached hydrogen (secondary N) is 3. The number of carbonyl (C=O) groups excluding carboxylic acids is 1. The molecule has 1 unspecified atom stereocenters. The highest BCUT2D eigenvalue weighted by atomic mass is 32.1. The summed E-state index contributed by atoms with van der Waals surface area (Å²) in [5.74, 6) is 0.668. The van der Waals surface area contributed by atoms with Crippen molar-refractivity contribution in [3.63, 3.8) is 0 Å². The zero-order valence-electron chi connectivity index (χ0n) is 17.1. The van der Waals surface area contributed by atoms with Crippen LogP contribution >= 0.6 is 11.3 Å². The smallest absolute Gasteiger partial charge is 0.263 e. The molecular formula is C21H30N6OS. The SMILES string of the molecule is CN=C(NCCNC(=O)c1scnc1C)NCC(c1ccccc1)N1CCCC1. The summed E-state index contributed by atoms with van der Waals surface area (Å²) in [5.41, 5.74) is 3.79. The molecule has 2 heterocycles. The fourth-order valence-electron chi connectivity index (χ4n) is 3.56.